The van der Waals surface area contributed by atoms with Gasteiger partial charge in [0.2, 0.25) is 5.89 Å². The molecule has 6 heteroatoms. The molecule has 2 aromatic rings. The predicted octanol–water partition coefficient (Wildman–Crippen LogP) is 2.48. The first-order valence-corrected chi connectivity index (χ1v) is 7.68. The fourth-order valence-corrected chi connectivity index (χ4v) is 2.83. The van der Waals surface area contributed by atoms with Gasteiger partial charge in [-0.2, -0.15) is 4.98 Å². The minimum atomic E-state index is -0.195. The summed E-state index contributed by atoms with van der Waals surface area (Å²) in [5.41, 5.74) is 1.07. The van der Waals surface area contributed by atoms with Crippen LogP contribution in [0.3, 0.4) is 0 Å². The summed E-state index contributed by atoms with van der Waals surface area (Å²) >= 11 is 0. The SMILES string of the molecule is CCc1noc(CN(C)C2CCN(c3ccc(F)cc3)C2)n1. The number of hydrogen-bond donors (Lipinski definition) is 0. The monoisotopic (exact) mass is 304 g/mol. The smallest absolute Gasteiger partial charge is 0.240 e. The number of hydrogen-bond acceptors (Lipinski definition) is 5. The van der Waals surface area contributed by atoms with Gasteiger partial charge in [0.15, 0.2) is 5.82 Å². The van der Waals surface area contributed by atoms with Gasteiger partial charge in [-0.1, -0.05) is 12.1 Å². The highest BCUT2D eigenvalue weighted by Crippen LogP contribution is 2.23. The first kappa shape index (κ1) is 15.0. The van der Waals surface area contributed by atoms with Gasteiger partial charge in [0.05, 0.1) is 6.54 Å². The van der Waals surface area contributed by atoms with Crippen LogP contribution in [-0.2, 0) is 13.0 Å². The standard InChI is InChI=1S/C16H21FN4O/c1-3-15-18-16(22-19-15)11-20(2)14-8-9-21(10-14)13-6-4-12(17)5-7-13/h4-7,14H,3,8-11H2,1-2H3. The van der Waals surface area contributed by atoms with Crippen LogP contribution in [0.1, 0.15) is 25.1 Å². The third-order valence-electron chi connectivity index (χ3n) is 4.19. The van der Waals surface area contributed by atoms with Crippen LogP contribution in [0.4, 0.5) is 10.1 Å². The fraction of sp³-hybridized carbons (Fsp3) is 0.500. The Morgan fingerprint density at radius 3 is 2.82 bits per heavy atom. The number of halogens is 1. The van der Waals surface area contributed by atoms with Crippen molar-refractivity contribution < 1.29 is 8.91 Å². The Morgan fingerprint density at radius 1 is 1.36 bits per heavy atom. The molecule has 0 spiro atoms. The van der Waals surface area contributed by atoms with Crippen LogP contribution in [0.25, 0.3) is 0 Å². The minimum Gasteiger partial charge on any atom is -0.370 e. The predicted molar refractivity (Wildman–Crippen MR) is 82.2 cm³/mol. The van der Waals surface area contributed by atoms with E-state index in [9.17, 15) is 4.39 Å². The summed E-state index contributed by atoms with van der Waals surface area (Å²) in [6.07, 6.45) is 1.86. The van der Waals surface area contributed by atoms with Gasteiger partial charge in [0.1, 0.15) is 5.82 Å². The quantitative estimate of drug-likeness (QED) is 0.849. The zero-order chi connectivity index (χ0) is 15.5. The summed E-state index contributed by atoms with van der Waals surface area (Å²) in [5.74, 6) is 1.22. The first-order valence-electron chi connectivity index (χ1n) is 7.68. The molecule has 2 heterocycles. The van der Waals surface area contributed by atoms with Crippen molar-refractivity contribution in [2.24, 2.45) is 0 Å². The van der Waals surface area contributed by atoms with E-state index in [1.165, 1.54) is 12.1 Å². The minimum absolute atomic E-state index is 0.195. The van der Waals surface area contributed by atoms with Crippen molar-refractivity contribution in [2.45, 2.75) is 32.4 Å². The van der Waals surface area contributed by atoms with Gasteiger partial charge >= 0.3 is 0 Å². The molecular formula is C16H21FN4O. The highest BCUT2D eigenvalue weighted by Gasteiger charge is 2.26. The molecule has 1 saturated heterocycles. The maximum atomic E-state index is 13.0. The van der Waals surface area contributed by atoms with E-state index < -0.39 is 0 Å². The van der Waals surface area contributed by atoms with Crippen LogP contribution in [0, 0.1) is 5.82 Å². The zero-order valence-corrected chi connectivity index (χ0v) is 13.0. The van der Waals surface area contributed by atoms with Crippen LogP contribution in [0.5, 0.6) is 0 Å². The van der Waals surface area contributed by atoms with E-state index in [0.29, 0.717) is 18.5 Å². The molecule has 1 unspecified atom stereocenters. The molecule has 1 aromatic heterocycles. The van der Waals surface area contributed by atoms with Gasteiger partial charge in [0, 0.05) is 31.2 Å². The lowest BCUT2D eigenvalue weighted by molar-refractivity contribution is 0.215. The first-order chi connectivity index (χ1) is 10.7. The van der Waals surface area contributed by atoms with Crippen LogP contribution in [-0.4, -0.2) is 41.2 Å². The summed E-state index contributed by atoms with van der Waals surface area (Å²) in [5, 5.41) is 3.93. The highest BCUT2D eigenvalue weighted by atomic mass is 19.1. The molecule has 1 atom stereocenters. The Hall–Kier alpha value is -1.95. The average Bonchev–Trinajstić information content (AvgIpc) is 3.17. The van der Waals surface area contributed by atoms with Crippen molar-refractivity contribution in [1.29, 1.82) is 0 Å². The molecule has 3 rings (SSSR count). The molecule has 1 aliphatic heterocycles. The van der Waals surface area contributed by atoms with Gasteiger partial charge in [0.25, 0.3) is 0 Å². The highest BCUT2D eigenvalue weighted by molar-refractivity contribution is 5.47. The van der Waals surface area contributed by atoms with Crippen molar-refractivity contribution in [3.63, 3.8) is 0 Å². The molecule has 0 aliphatic carbocycles. The van der Waals surface area contributed by atoms with E-state index in [1.807, 2.05) is 19.1 Å². The van der Waals surface area contributed by atoms with E-state index in [1.54, 1.807) is 0 Å². The van der Waals surface area contributed by atoms with Crippen LogP contribution in [0.2, 0.25) is 0 Å². The van der Waals surface area contributed by atoms with Crippen molar-refractivity contribution in [3.05, 3.63) is 41.8 Å². The molecule has 0 amide bonds. The third-order valence-corrected chi connectivity index (χ3v) is 4.19. The number of aromatic nitrogens is 2. The van der Waals surface area contributed by atoms with Gasteiger partial charge < -0.3 is 9.42 Å². The molecule has 1 aliphatic rings. The number of benzene rings is 1. The summed E-state index contributed by atoms with van der Waals surface area (Å²) in [4.78, 5) is 8.88. The van der Waals surface area contributed by atoms with Crippen LogP contribution >= 0.6 is 0 Å². The van der Waals surface area contributed by atoms with Gasteiger partial charge in [-0.25, -0.2) is 4.39 Å². The Bertz CT molecular complexity index is 613. The largest absolute Gasteiger partial charge is 0.370 e. The summed E-state index contributed by atoms with van der Waals surface area (Å²) in [6.45, 7) is 4.58. The van der Waals surface area contributed by atoms with Gasteiger partial charge in [-0.05, 0) is 37.7 Å². The number of anilines is 1. The second kappa shape index (κ2) is 6.44. The lowest BCUT2D eigenvalue weighted by Crippen LogP contribution is -2.34. The Morgan fingerprint density at radius 2 is 2.14 bits per heavy atom. The number of nitrogens with zero attached hydrogens (tertiary/aromatic N) is 4. The molecule has 0 N–H and O–H groups in total. The molecule has 0 bridgehead atoms. The van der Waals surface area contributed by atoms with E-state index in [0.717, 1.165) is 37.4 Å². The number of likely N-dealkylation sites (N-methyl/N-ethyl adjacent to an activating group) is 1. The van der Waals surface area contributed by atoms with Crippen LogP contribution in [0.15, 0.2) is 28.8 Å². The average molecular weight is 304 g/mol. The molecule has 0 saturated carbocycles. The topological polar surface area (TPSA) is 45.4 Å². The summed E-state index contributed by atoms with van der Waals surface area (Å²) in [7, 11) is 2.08. The Kier molecular flexibility index (Phi) is 4.38. The molecular weight excluding hydrogens is 283 g/mol. The Balaban J connectivity index is 1.58. The maximum Gasteiger partial charge on any atom is 0.240 e. The normalized spacial score (nSPS) is 18.4. The lowest BCUT2D eigenvalue weighted by Gasteiger charge is -2.24. The van der Waals surface area contributed by atoms with Gasteiger partial charge in [-0.15, -0.1) is 0 Å². The fourth-order valence-electron chi connectivity index (χ4n) is 2.83. The zero-order valence-electron chi connectivity index (χ0n) is 13.0. The summed E-state index contributed by atoms with van der Waals surface area (Å²) < 4.78 is 18.3. The van der Waals surface area contributed by atoms with Crippen molar-refractivity contribution >= 4 is 5.69 Å². The van der Waals surface area contributed by atoms with Gasteiger partial charge in [-0.3, -0.25) is 4.90 Å². The van der Waals surface area contributed by atoms with E-state index in [-0.39, 0.29) is 5.82 Å². The van der Waals surface area contributed by atoms with E-state index >= 15 is 0 Å². The van der Waals surface area contributed by atoms with Crippen molar-refractivity contribution in [3.8, 4) is 0 Å². The molecule has 1 fully saturated rings. The molecule has 22 heavy (non-hydrogen) atoms. The molecule has 118 valence electrons. The van der Waals surface area contributed by atoms with Crippen LogP contribution < -0.4 is 4.90 Å². The molecule has 1 aromatic carbocycles. The second-order valence-corrected chi connectivity index (χ2v) is 5.74. The lowest BCUT2D eigenvalue weighted by atomic mass is 10.2. The second-order valence-electron chi connectivity index (χ2n) is 5.74. The third kappa shape index (κ3) is 3.27. The molecule has 0 radical (unpaired) electrons. The number of aryl methyl sites for hydroxylation is 1. The Labute approximate surface area is 129 Å². The van der Waals surface area contributed by atoms with E-state index in [4.69, 9.17) is 4.52 Å². The number of rotatable bonds is 5. The molecule has 5 nitrogen and oxygen atoms in total. The maximum absolute atomic E-state index is 13.0. The van der Waals surface area contributed by atoms with Crippen molar-refractivity contribution in [1.82, 2.24) is 15.0 Å². The summed E-state index contributed by atoms with van der Waals surface area (Å²) in [6, 6.07) is 7.13. The van der Waals surface area contributed by atoms with Crippen molar-refractivity contribution in [2.75, 3.05) is 25.0 Å². The van der Waals surface area contributed by atoms with E-state index in [2.05, 4.69) is 27.0 Å².